The number of carbonyl (C=O) groups excluding carboxylic acids is 2. The van der Waals surface area contributed by atoms with E-state index in [2.05, 4.69) is 5.32 Å². The zero-order valence-electron chi connectivity index (χ0n) is 22.4. The first-order chi connectivity index (χ1) is 18.1. The largest absolute Gasteiger partial charge is 0.488 e. The summed E-state index contributed by atoms with van der Waals surface area (Å²) >= 11 is 0.673. The minimum atomic E-state index is -4.47. The fourth-order valence-corrected chi connectivity index (χ4v) is 5.30. The topological polar surface area (TPSA) is 67.9 Å². The molecule has 2 heterocycles. The second-order valence-electron chi connectivity index (χ2n) is 10.9. The van der Waals surface area contributed by atoms with Crippen LogP contribution in [-0.4, -0.2) is 29.7 Å². The van der Waals surface area contributed by atoms with Crippen molar-refractivity contribution in [3.63, 3.8) is 0 Å². The van der Waals surface area contributed by atoms with E-state index in [-0.39, 0.29) is 18.1 Å². The van der Waals surface area contributed by atoms with Crippen molar-refractivity contribution in [1.29, 1.82) is 0 Å². The molecular weight excluding hydrogens is 529 g/mol. The van der Waals surface area contributed by atoms with E-state index in [0.717, 1.165) is 5.56 Å². The number of halogens is 3. The van der Waals surface area contributed by atoms with Crippen molar-refractivity contribution >= 4 is 29.0 Å². The van der Waals surface area contributed by atoms with Crippen molar-refractivity contribution in [1.82, 2.24) is 5.32 Å². The van der Waals surface area contributed by atoms with E-state index in [1.807, 2.05) is 0 Å². The van der Waals surface area contributed by atoms with Crippen LogP contribution in [0.1, 0.15) is 49.9 Å². The SMILES string of the molecule is CC(C)(C)OC(=O)NC(C)(C)C(=O)N1CCc2cc(OCc3cc(-c4ccccc4)c(C(F)(F)F)s3)ccc21. The highest BCUT2D eigenvalue weighted by Gasteiger charge is 2.38. The van der Waals surface area contributed by atoms with E-state index in [1.165, 1.54) is 6.07 Å². The number of hydrogen-bond acceptors (Lipinski definition) is 5. The number of thiophene rings is 1. The Morgan fingerprint density at radius 1 is 1.00 bits per heavy atom. The van der Waals surface area contributed by atoms with Crippen molar-refractivity contribution < 1.29 is 32.2 Å². The van der Waals surface area contributed by atoms with E-state index >= 15 is 0 Å². The van der Waals surface area contributed by atoms with Gasteiger partial charge in [0.2, 0.25) is 0 Å². The number of nitrogens with zero attached hydrogens (tertiary/aromatic N) is 1. The van der Waals surface area contributed by atoms with Crippen molar-refractivity contribution in [2.45, 2.75) is 65.0 Å². The predicted molar refractivity (Wildman–Crippen MR) is 145 cm³/mol. The summed E-state index contributed by atoms with van der Waals surface area (Å²) in [6, 6.07) is 15.2. The Balaban J connectivity index is 1.46. The number of amides is 2. The van der Waals surface area contributed by atoms with Crippen molar-refractivity contribution in [3.05, 3.63) is 69.9 Å². The number of rotatable bonds is 6. The molecule has 208 valence electrons. The fraction of sp³-hybridized carbons (Fsp3) is 0.379. The van der Waals surface area contributed by atoms with Gasteiger partial charge in [-0.3, -0.25) is 4.79 Å². The molecule has 0 radical (unpaired) electrons. The number of fused-ring (bicyclic) bond motifs is 1. The fourth-order valence-electron chi connectivity index (χ4n) is 4.34. The molecule has 0 spiro atoms. The van der Waals surface area contributed by atoms with E-state index in [4.69, 9.17) is 9.47 Å². The van der Waals surface area contributed by atoms with Gasteiger partial charge in [-0.15, -0.1) is 11.3 Å². The van der Waals surface area contributed by atoms with Crippen molar-refractivity contribution in [2.75, 3.05) is 11.4 Å². The van der Waals surface area contributed by atoms with Gasteiger partial charge in [-0.05, 0) is 76.4 Å². The number of alkyl carbamates (subject to hydrolysis) is 1. The summed E-state index contributed by atoms with van der Waals surface area (Å²) in [5.41, 5.74) is 0.316. The minimum absolute atomic E-state index is 0.0190. The molecule has 1 aliphatic rings. The molecule has 6 nitrogen and oxygen atoms in total. The molecule has 0 saturated heterocycles. The van der Waals surface area contributed by atoms with E-state index in [1.54, 1.807) is 88.0 Å². The summed E-state index contributed by atoms with van der Waals surface area (Å²) in [6.45, 7) is 8.88. The molecule has 0 fully saturated rings. The first kappa shape index (κ1) is 28.5. The number of nitrogens with one attached hydrogen (secondary N) is 1. The number of hydrogen-bond donors (Lipinski definition) is 1. The quantitative estimate of drug-likeness (QED) is 0.346. The van der Waals surface area contributed by atoms with Crippen LogP contribution in [0.25, 0.3) is 11.1 Å². The van der Waals surface area contributed by atoms with Crippen LogP contribution in [0, 0.1) is 0 Å². The molecule has 0 saturated carbocycles. The lowest BCUT2D eigenvalue weighted by atomic mass is 10.0. The maximum Gasteiger partial charge on any atom is 0.426 e. The molecular formula is C29H31F3N2O4S. The summed E-state index contributed by atoms with van der Waals surface area (Å²) in [7, 11) is 0. The van der Waals surface area contributed by atoms with Crippen molar-refractivity contribution in [3.8, 4) is 16.9 Å². The Bertz CT molecular complexity index is 1360. The maximum absolute atomic E-state index is 13.7. The Labute approximate surface area is 229 Å². The van der Waals surface area contributed by atoms with E-state index in [0.29, 0.717) is 46.2 Å². The summed E-state index contributed by atoms with van der Waals surface area (Å²) in [5, 5.41) is 2.64. The summed E-state index contributed by atoms with van der Waals surface area (Å²) < 4.78 is 52.2. The second kappa shape index (κ2) is 10.6. The Morgan fingerprint density at radius 3 is 2.33 bits per heavy atom. The Hall–Kier alpha value is -3.53. The van der Waals surface area contributed by atoms with Crippen LogP contribution in [0.4, 0.5) is 23.7 Å². The van der Waals surface area contributed by atoms with Crippen LogP contribution >= 0.6 is 11.3 Å². The van der Waals surface area contributed by atoms with Crippen LogP contribution in [0.5, 0.6) is 5.75 Å². The lowest BCUT2D eigenvalue weighted by molar-refractivity contribution is -0.133. The van der Waals surface area contributed by atoms with Gasteiger partial charge in [-0.25, -0.2) is 4.79 Å². The van der Waals surface area contributed by atoms with Crippen molar-refractivity contribution in [2.24, 2.45) is 0 Å². The lowest BCUT2D eigenvalue weighted by Crippen LogP contribution is -2.56. The van der Waals surface area contributed by atoms with E-state index < -0.39 is 28.3 Å². The first-order valence-corrected chi connectivity index (χ1v) is 13.3. The number of anilines is 1. The van der Waals surface area contributed by atoms with Crippen LogP contribution < -0.4 is 15.0 Å². The molecule has 3 aromatic rings. The van der Waals surface area contributed by atoms with Gasteiger partial charge < -0.3 is 19.7 Å². The third-order valence-electron chi connectivity index (χ3n) is 6.05. The molecule has 39 heavy (non-hydrogen) atoms. The number of alkyl halides is 3. The zero-order valence-corrected chi connectivity index (χ0v) is 23.3. The van der Waals surface area contributed by atoms with Gasteiger partial charge in [0, 0.05) is 22.7 Å². The standard InChI is InChI=1S/C29H31F3N2O4S/c1-27(2,3)38-26(36)33-28(4,5)25(35)34-14-13-19-15-20(11-12-23(19)34)37-17-21-16-22(18-9-7-6-8-10-18)24(39-21)29(30,31)32/h6-12,15-16H,13-14,17H2,1-5H3,(H,33,36). The van der Waals surface area contributed by atoms with Gasteiger partial charge in [0.05, 0.1) is 0 Å². The molecule has 0 atom stereocenters. The molecule has 10 heteroatoms. The normalized spacial score (nSPS) is 13.7. The maximum atomic E-state index is 13.7. The van der Waals surface area contributed by atoms with Gasteiger partial charge in [0.25, 0.3) is 5.91 Å². The Kier molecular flexibility index (Phi) is 7.71. The minimum Gasteiger partial charge on any atom is -0.488 e. The van der Waals surface area contributed by atoms with Gasteiger partial charge in [-0.1, -0.05) is 30.3 Å². The number of carbonyl (C=O) groups is 2. The monoisotopic (exact) mass is 560 g/mol. The molecule has 0 bridgehead atoms. The van der Waals surface area contributed by atoms with Crippen LogP contribution in [0.2, 0.25) is 0 Å². The summed E-state index contributed by atoms with van der Waals surface area (Å²) in [4.78, 5) is 26.9. The molecule has 1 aliphatic heterocycles. The number of benzene rings is 2. The molecule has 2 aromatic carbocycles. The average molecular weight is 561 g/mol. The van der Waals surface area contributed by atoms with Gasteiger partial charge in [0.15, 0.2) is 0 Å². The third-order valence-corrected chi connectivity index (χ3v) is 7.20. The molecule has 2 amide bonds. The summed E-state index contributed by atoms with van der Waals surface area (Å²) in [5.74, 6) is 0.213. The highest BCUT2D eigenvalue weighted by atomic mass is 32.1. The van der Waals surface area contributed by atoms with Gasteiger partial charge in [-0.2, -0.15) is 13.2 Å². The van der Waals surface area contributed by atoms with Gasteiger partial charge >= 0.3 is 12.3 Å². The van der Waals surface area contributed by atoms with Crippen LogP contribution in [0.15, 0.2) is 54.6 Å². The van der Waals surface area contributed by atoms with Gasteiger partial charge in [0.1, 0.15) is 28.4 Å². The summed E-state index contributed by atoms with van der Waals surface area (Å²) in [6.07, 6.45) is -4.57. The smallest absolute Gasteiger partial charge is 0.426 e. The first-order valence-electron chi connectivity index (χ1n) is 12.5. The third kappa shape index (κ3) is 6.73. The van der Waals surface area contributed by atoms with Crippen LogP contribution in [0.3, 0.4) is 0 Å². The predicted octanol–water partition coefficient (Wildman–Crippen LogP) is 7.21. The second-order valence-corrected chi connectivity index (χ2v) is 12.0. The molecule has 0 aliphatic carbocycles. The lowest BCUT2D eigenvalue weighted by Gasteiger charge is -2.31. The zero-order chi connectivity index (χ0) is 28.6. The molecule has 0 unspecified atom stereocenters. The Morgan fingerprint density at radius 2 is 1.69 bits per heavy atom. The average Bonchev–Trinajstić information content (AvgIpc) is 3.45. The molecule has 1 aromatic heterocycles. The van der Waals surface area contributed by atoms with E-state index in [9.17, 15) is 22.8 Å². The highest BCUT2D eigenvalue weighted by molar-refractivity contribution is 7.12. The molecule has 1 N–H and O–H groups in total. The number of ether oxygens (including phenoxy) is 2. The molecule has 4 rings (SSSR count). The van der Waals surface area contributed by atoms with Crippen LogP contribution in [-0.2, 0) is 28.7 Å². The highest BCUT2D eigenvalue weighted by Crippen LogP contribution is 2.43.